The molecule has 5 rings (SSSR count). The van der Waals surface area contributed by atoms with E-state index < -0.39 is 0 Å². The highest BCUT2D eigenvalue weighted by atomic mass is 16.5. The molecule has 2 amide bonds. The Morgan fingerprint density at radius 1 is 1.04 bits per heavy atom. The summed E-state index contributed by atoms with van der Waals surface area (Å²) in [6.45, 7) is 4.41. The number of benzene rings is 3. The van der Waals surface area contributed by atoms with Crippen molar-refractivity contribution in [1.29, 1.82) is 0 Å². The summed E-state index contributed by atoms with van der Waals surface area (Å²) in [5, 5.41) is 6.75. The lowest BCUT2D eigenvalue weighted by Gasteiger charge is -2.34. The van der Waals surface area contributed by atoms with Crippen LogP contribution in [0.3, 0.4) is 0 Å². The Morgan fingerprint density at radius 3 is 2.67 bits per heavy atom. The maximum absolute atomic E-state index is 13.5. The van der Waals surface area contributed by atoms with Crippen LogP contribution >= 0.6 is 0 Å². The molecule has 3 aromatic carbocycles. The predicted molar refractivity (Wildman–Crippen MR) is 176 cm³/mol. The smallest absolute Gasteiger partial charge is 0.251 e. The summed E-state index contributed by atoms with van der Waals surface area (Å²) in [7, 11) is 5.21. The molecule has 1 fully saturated rings. The number of nitrogens with zero attached hydrogens (tertiary/aromatic N) is 2. The van der Waals surface area contributed by atoms with Gasteiger partial charge in [-0.15, -0.1) is 0 Å². The van der Waals surface area contributed by atoms with Gasteiger partial charge in [0.15, 0.2) is 0 Å². The molecule has 0 aromatic heterocycles. The third-order valence-electron chi connectivity index (χ3n) is 8.65. The molecule has 240 valence electrons. The third-order valence-corrected chi connectivity index (χ3v) is 8.65. The van der Waals surface area contributed by atoms with Crippen LogP contribution < -0.4 is 25.0 Å². The monoisotopic (exact) mass is 614 g/mol. The van der Waals surface area contributed by atoms with E-state index in [1.54, 1.807) is 26.1 Å². The van der Waals surface area contributed by atoms with Crippen LogP contribution in [-0.2, 0) is 22.6 Å². The second-order valence-corrected chi connectivity index (χ2v) is 12.0. The zero-order valence-corrected chi connectivity index (χ0v) is 26.7. The van der Waals surface area contributed by atoms with Gasteiger partial charge < -0.3 is 34.6 Å². The van der Waals surface area contributed by atoms with E-state index in [9.17, 15) is 9.59 Å². The third kappa shape index (κ3) is 8.55. The first-order valence-electron chi connectivity index (χ1n) is 15.9. The Kier molecular flexibility index (Phi) is 11.3. The van der Waals surface area contributed by atoms with Crippen molar-refractivity contribution in [2.24, 2.45) is 0 Å². The zero-order chi connectivity index (χ0) is 31.6. The number of ether oxygens (including phenoxy) is 3. The summed E-state index contributed by atoms with van der Waals surface area (Å²) in [5.74, 6) is 1.82. The number of amides is 2. The van der Waals surface area contributed by atoms with Crippen LogP contribution in [0.15, 0.2) is 66.7 Å². The van der Waals surface area contributed by atoms with Gasteiger partial charge in [-0.1, -0.05) is 36.4 Å². The van der Waals surface area contributed by atoms with Crippen molar-refractivity contribution in [3.63, 3.8) is 0 Å². The summed E-state index contributed by atoms with van der Waals surface area (Å²) in [6, 6.07) is 22.0. The summed E-state index contributed by atoms with van der Waals surface area (Å²) in [6.07, 6.45) is 3.67. The quantitative estimate of drug-likeness (QED) is 0.276. The van der Waals surface area contributed by atoms with Gasteiger partial charge in [0, 0.05) is 62.4 Å². The molecule has 9 nitrogen and oxygen atoms in total. The van der Waals surface area contributed by atoms with Crippen LogP contribution in [0.4, 0.5) is 5.69 Å². The molecule has 45 heavy (non-hydrogen) atoms. The van der Waals surface area contributed by atoms with E-state index in [0.29, 0.717) is 38.5 Å². The van der Waals surface area contributed by atoms with Crippen LogP contribution in [-0.4, -0.2) is 83.4 Å². The molecule has 3 aromatic rings. The Hall–Kier alpha value is -4.08. The van der Waals surface area contributed by atoms with Crippen molar-refractivity contribution < 1.29 is 23.8 Å². The van der Waals surface area contributed by atoms with Gasteiger partial charge in [0.2, 0.25) is 5.91 Å². The van der Waals surface area contributed by atoms with Crippen molar-refractivity contribution in [2.75, 3.05) is 65.5 Å². The largest absolute Gasteiger partial charge is 0.496 e. The molecule has 0 saturated carbocycles. The van der Waals surface area contributed by atoms with Gasteiger partial charge in [0.05, 0.1) is 33.5 Å². The number of hydrogen-bond acceptors (Lipinski definition) is 7. The van der Waals surface area contributed by atoms with Gasteiger partial charge in [0.1, 0.15) is 11.5 Å². The number of carbonyl (C=O) groups excluding carboxylic acids is 2. The van der Waals surface area contributed by atoms with Crippen molar-refractivity contribution in [2.45, 2.75) is 44.2 Å². The number of nitrogens with one attached hydrogen (secondary N) is 2. The fraction of sp³-hybridized carbons (Fsp3) is 0.444. The number of anilines is 1. The van der Waals surface area contributed by atoms with Crippen LogP contribution in [0.2, 0.25) is 0 Å². The lowest BCUT2D eigenvalue weighted by molar-refractivity contribution is -0.127. The van der Waals surface area contributed by atoms with E-state index in [0.717, 1.165) is 61.5 Å². The number of piperidine rings is 1. The minimum absolute atomic E-state index is 0.0409. The molecule has 2 N–H and O–H groups in total. The Labute approximate surface area is 266 Å². The van der Waals surface area contributed by atoms with E-state index in [2.05, 4.69) is 27.7 Å². The van der Waals surface area contributed by atoms with E-state index >= 15 is 0 Å². The first kappa shape index (κ1) is 32.3. The topological polar surface area (TPSA) is 92.4 Å². The Morgan fingerprint density at radius 2 is 1.87 bits per heavy atom. The van der Waals surface area contributed by atoms with Crippen molar-refractivity contribution in [1.82, 2.24) is 15.5 Å². The highest BCUT2D eigenvalue weighted by molar-refractivity contribution is 5.96. The molecule has 2 atom stereocenters. The molecule has 0 aliphatic carbocycles. The number of hydrogen-bond donors (Lipinski definition) is 2. The van der Waals surface area contributed by atoms with E-state index in [-0.39, 0.29) is 23.8 Å². The fourth-order valence-electron chi connectivity index (χ4n) is 6.09. The molecule has 0 radical (unpaired) electrons. The van der Waals surface area contributed by atoms with E-state index in [4.69, 9.17) is 14.2 Å². The van der Waals surface area contributed by atoms with Gasteiger partial charge in [-0.3, -0.25) is 9.59 Å². The molecule has 1 saturated heterocycles. The van der Waals surface area contributed by atoms with Gasteiger partial charge in [-0.05, 0) is 67.3 Å². The number of fused-ring (bicyclic) bond motifs is 1. The van der Waals surface area contributed by atoms with Gasteiger partial charge in [0.25, 0.3) is 5.91 Å². The number of carbonyl (C=O) groups is 2. The summed E-state index contributed by atoms with van der Waals surface area (Å²) >= 11 is 0. The minimum atomic E-state index is -0.0890. The number of para-hydroxylation sites is 1. The normalized spacial score (nSPS) is 17.7. The molecule has 0 bridgehead atoms. The van der Waals surface area contributed by atoms with Crippen molar-refractivity contribution >= 4 is 17.5 Å². The molecule has 2 heterocycles. The second-order valence-electron chi connectivity index (χ2n) is 12.0. The molecule has 2 aliphatic rings. The number of likely N-dealkylation sites (N-methyl/N-ethyl adjacent to an activating group) is 1. The fourth-order valence-corrected chi connectivity index (χ4v) is 6.09. The lowest BCUT2D eigenvalue weighted by Crippen LogP contribution is -2.50. The standard InChI is InChI=1S/C36H46N4O5/c1-39(2)35(41)24-40-19-6-9-27-11-12-28(22-33(27)40)36(42)38-32-23-37-18-17-31(32)26-13-15-30(16-14-26)45-21-7-20-44-25-29-8-4-5-10-34(29)43-3/h4-5,8,10-16,22,31-32,37H,6-7,9,17-21,23-25H2,1-3H3,(H,38,42)/t31-,32-/m1/s1. The summed E-state index contributed by atoms with van der Waals surface area (Å²) in [4.78, 5) is 29.6. The summed E-state index contributed by atoms with van der Waals surface area (Å²) in [5.41, 5.74) is 5.02. The average Bonchev–Trinajstić information content (AvgIpc) is 3.07. The molecule has 2 aliphatic heterocycles. The van der Waals surface area contributed by atoms with Crippen LogP contribution in [0.5, 0.6) is 11.5 Å². The zero-order valence-electron chi connectivity index (χ0n) is 26.7. The maximum Gasteiger partial charge on any atom is 0.251 e. The Balaban J connectivity index is 1.13. The molecular formula is C36H46N4O5. The van der Waals surface area contributed by atoms with Gasteiger partial charge in [-0.2, -0.15) is 0 Å². The van der Waals surface area contributed by atoms with Crippen LogP contribution in [0.25, 0.3) is 0 Å². The number of methoxy groups -OCH3 is 1. The second kappa shape index (κ2) is 15.8. The minimum Gasteiger partial charge on any atom is -0.496 e. The van der Waals surface area contributed by atoms with Gasteiger partial charge in [-0.25, -0.2) is 0 Å². The summed E-state index contributed by atoms with van der Waals surface area (Å²) < 4.78 is 17.2. The van der Waals surface area contributed by atoms with Crippen LogP contribution in [0.1, 0.15) is 52.2 Å². The number of aryl methyl sites for hydroxylation is 1. The van der Waals surface area contributed by atoms with Gasteiger partial charge >= 0.3 is 0 Å². The van der Waals surface area contributed by atoms with Crippen molar-refractivity contribution in [3.05, 3.63) is 89.0 Å². The maximum atomic E-state index is 13.5. The first-order valence-corrected chi connectivity index (χ1v) is 15.9. The Bertz CT molecular complexity index is 1430. The molecule has 9 heteroatoms. The highest BCUT2D eigenvalue weighted by Crippen LogP contribution is 2.30. The molecule has 0 spiro atoms. The SMILES string of the molecule is COc1ccccc1COCCCOc1ccc([C@H]2CCNC[C@H]2NC(=O)c2ccc3c(c2)N(CC(=O)N(C)C)CCC3)cc1. The van der Waals surface area contributed by atoms with E-state index in [1.807, 2.05) is 54.6 Å². The lowest BCUT2D eigenvalue weighted by atomic mass is 9.86. The van der Waals surface area contributed by atoms with Crippen LogP contribution in [0, 0.1) is 0 Å². The number of rotatable bonds is 13. The average molecular weight is 615 g/mol. The molecule has 0 unspecified atom stereocenters. The highest BCUT2D eigenvalue weighted by Gasteiger charge is 2.29. The predicted octanol–water partition coefficient (Wildman–Crippen LogP) is 4.40. The van der Waals surface area contributed by atoms with Crippen molar-refractivity contribution in [3.8, 4) is 11.5 Å². The first-order chi connectivity index (χ1) is 21.9. The molecular weight excluding hydrogens is 568 g/mol. The van der Waals surface area contributed by atoms with E-state index in [1.165, 1.54) is 11.1 Å².